The van der Waals surface area contributed by atoms with Crippen LogP contribution < -0.4 is 4.74 Å². The van der Waals surface area contributed by atoms with Crippen molar-refractivity contribution in [2.24, 2.45) is 0 Å². The van der Waals surface area contributed by atoms with E-state index in [-0.39, 0.29) is 12.1 Å². The van der Waals surface area contributed by atoms with Crippen LogP contribution in [0.5, 0.6) is 5.75 Å². The van der Waals surface area contributed by atoms with Crippen molar-refractivity contribution >= 4 is 14.0 Å². The van der Waals surface area contributed by atoms with Gasteiger partial charge < -0.3 is 9.47 Å². The number of benzene rings is 1. The highest BCUT2D eigenvalue weighted by Gasteiger charge is 2.42. The third-order valence-electron chi connectivity index (χ3n) is 5.51. The molecule has 136 valence electrons. The molecule has 0 saturated carbocycles. The lowest BCUT2D eigenvalue weighted by Crippen LogP contribution is -2.43. The fraction of sp³-hybridized carbons (Fsp3) is 0.571. The highest BCUT2D eigenvalue weighted by atomic mass is 28.3. The van der Waals surface area contributed by atoms with Gasteiger partial charge in [0.25, 0.3) is 0 Å². The average Bonchev–Trinajstić information content (AvgIpc) is 2.54. The molecular weight excluding hydrogens is 328 g/mol. The molecule has 0 spiro atoms. The lowest BCUT2D eigenvalue weighted by Gasteiger charge is -2.38. The van der Waals surface area contributed by atoms with Crippen molar-refractivity contribution in [2.45, 2.75) is 70.7 Å². The molecule has 0 aliphatic carbocycles. The Labute approximate surface area is 153 Å². The first kappa shape index (κ1) is 19.6. The second-order valence-corrected chi connectivity index (χ2v) is 13.4. The molecule has 1 aromatic carbocycles. The molecule has 1 unspecified atom stereocenters. The van der Waals surface area contributed by atoms with Crippen molar-refractivity contribution in [1.82, 2.24) is 0 Å². The fourth-order valence-electron chi connectivity index (χ4n) is 4.20. The minimum atomic E-state index is -1.81. The SMILES string of the molecule is COc1ccc2c(c1)C(=O)OC(C#C[Si](C(C)C)(C(C)C)C(C)C)C2. The first-order valence-corrected chi connectivity index (χ1v) is 11.4. The topological polar surface area (TPSA) is 35.5 Å². The van der Waals surface area contributed by atoms with Crippen molar-refractivity contribution in [3.05, 3.63) is 29.3 Å². The molecule has 0 amide bonds. The summed E-state index contributed by atoms with van der Waals surface area (Å²) in [6, 6.07) is 5.58. The van der Waals surface area contributed by atoms with Crippen LogP contribution in [0.3, 0.4) is 0 Å². The number of fused-ring (bicyclic) bond motifs is 1. The molecule has 3 nitrogen and oxygen atoms in total. The molecule has 1 aromatic rings. The number of esters is 1. The molecule has 2 rings (SSSR count). The molecule has 0 bridgehead atoms. The number of carbonyl (C=O) groups excluding carboxylic acids is 1. The number of hydrogen-bond acceptors (Lipinski definition) is 3. The van der Waals surface area contributed by atoms with E-state index in [2.05, 4.69) is 53.0 Å². The Bertz CT molecular complexity index is 673. The van der Waals surface area contributed by atoms with Crippen LogP contribution >= 0.6 is 0 Å². The van der Waals surface area contributed by atoms with Crippen molar-refractivity contribution in [2.75, 3.05) is 7.11 Å². The van der Waals surface area contributed by atoms with E-state index in [0.29, 0.717) is 34.4 Å². The van der Waals surface area contributed by atoms with Gasteiger partial charge in [0.05, 0.1) is 12.7 Å². The summed E-state index contributed by atoms with van der Waals surface area (Å²) in [5.74, 6) is 3.72. The van der Waals surface area contributed by atoms with Gasteiger partial charge in [-0.25, -0.2) is 4.79 Å². The van der Waals surface area contributed by atoms with Gasteiger partial charge in [0.1, 0.15) is 13.8 Å². The maximum atomic E-state index is 12.4. The van der Waals surface area contributed by atoms with Crippen LogP contribution in [-0.2, 0) is 11.2 Å². The average molecular weight is 359 g/mol. The maximum Gasteiger partial charge on any atom is 0.339 e. The second kappa shape index (κ2) is 7.66. The van der Waals surface area contributed by atoms with Crippen LogP contribution in [0.15, 0.2) is 18.2 Å². The zero-order valence-electron chi connectivity index (χ0n) is 16.5. The van der Waals surface area contributed by atoms with Gasteiger partial charge >= 0.3 is 5.97 Å². The van der Waals surface area contributed by atoms with Gasteiger partial charge in [-0.3, -0.25) is 0 Å². The second-order valence-electron chi connectivity index (χ2n) is 7.79. The van der Waals surface area contributed by atoms with Crippen LogP contribution in [0.1, 0.15) is 57.5 Å². The van der Waals surface area contributed by atoms with Gasteiger partial charge in [-0.05, 0) is 34.3 Å². The molecule has 4 heteroatoms. The predicted octanol–water partition coefficient (Wildman–Crippen LogP) is 5.00. The van der Waals surface area contributed by atoms with Crippen molar-refractivity contribution < 1.29 is 14.3 Å². The van der Waals surface area contributed by atoms with Crippen LogP contribution in [0.2, 0.25) is 16.6 Å². The number of hydrogen-bond donors (Lipinski definition) is 0. The lowest BCUT2D eigenvalue weighted by molar-refractivity contribution is 0.0374. The number of ether oxygens (including phenoxy) is 2. The van der Waals surface area contributed by atoms with Crippen LogP contribution in [-0.4, -0.2) is 27.3 Å². The van der Waals surface area contributed by atoms with Crippen LogP contribution in [0.4, 0.5) is 0 Å². The summed E-state index contributed by atoms with van der Waals surface area (Å²) in [6.45, 7) is 13.7. The van der Waals surface area contributed by atoms with Crippen LogP contribution in [0, 0.1) is 11.5 Å². The Balaban J connectivity index is 2.33. The summed E-state index contributed by atoms with van der Waals surface area (Å²) >= 11 is 0. The Kier molecular flexibility index (Phi) is 6.00. The van der Waals surface area contributed by atoms with E-state index in [1.807, 2.05) is 12.1 Å². The van der Waals surface area contributed by atoms with Gasteiger partial charge in [0.15, 0.2) is 6.10 Å². The molecule has 0 saturated heterocycles. The Morgan fingerprint density at radius 2 is 1.72 bits per heavy atom. The Morgan fingerprint density at radius 1 is 1.12 bits per heavy atom. The summed E-state index contributed by atoms with van der Waals surface area (Å²) in [7, 11) is -0.217. The first-order chi connectivity index (χ1) is 11.7. The van der Waals surface area contributed by atoms with E-state index in [0.717, 1.165) is 5.56 Å². The fourth-order valence-corrected chi connectivity index (χ4v) is 9.48. The zero-order chi connectivity index (χ0) is 18.8. The molecule has 1 heterocycles. The van der Waals surface area contributed by atoms with E-state index in [4.69, 9.17) is 9.47 Å². The molecule has 0 aromatic heterocycles. The molecule has 25 heavy (non-hydrogen) atoms. The summed E-state index contributed by atoms with van der Waals surface area (Å²) in [5.41, 5.74) is 6.94. The van der Waals surface area contributed by atoms with Crippen LogP contribution in [0.25, 0.3) is 0 Å². The summed E-state index contributed by atoms with van der Waals surface area (Å²) in [5, 5.41) is 0. The Morgan fingerprint density at radius 3 is 2.24 bits per heavy atom. The van der Waals surface area contributed by atoms with E-state index in [1.54, 1.807) is 13.2 Å². The number of rotatable bonds is 4. The summed E-state index contributed by atoms with van der Waals surface area (Å²) in [6.07, 6.45) is 0.299. The molecule has 1 atom stereocenters. The molecule has 1 aliphatic heterocycles. The third kappa shape index (κ3) is 3.77. The molecular formula is C21H30O3Si. The minimum Gasteiger partial charge on any atom is -0.497 e. The highest BCUT2D eigenvalue weighted by Crippen LogP contribution is 2.40. The molecule has 1 aliphatic rings. The van der Waals surface area contributed by atoms with E-state index in [9.17, 15) is 4.79 Å². The molecule has 0 fully saturated rings. The smallest absolute Gasteiger partial charge is 0.339 e. The van der Waals surface area contributed by atoms with E-state index < -0.39 is 8.07 Å². The van der Waals surface area contributed by atoms with Gasteiger partial charge in [0.2, 0.25) is 0 Å². The monoisotopic (exact) mass is 358 g/mol. The van der Waals surface area contributed by atoms with Crippen molar-refractivity contribution in [1.29, 1.82) is 0 Å². The van der Waals surface area contributed by atoms with Crippen molar-refractivity contribution in [3.8, 4) is 17.2 Å². The van der Waals surface area contributed by atoms with Gasteiger partial charge in [0, 0.05) is 6.42 Å². The van der Waals surface area contributed by atoms with Gasteiger partial charge in [-0.2, -0.15) is 0 Å². The Hall–Kier alpha value is -1.73. The van der Waals surface area contributed by atoms with E-state index >= 15 is 0 Å². The van der Waals surface area contributed by atoms with E-state index in [1.165, 1.54) is 0 Å². The predicted molar refractivity (Wildman–Crippen MR) is 105 cm³/mol. The lowest BCUT2D eigenvalue weighted by atomic mass is 9.98. The normalized spacial score (nSPS) is 17.2. The summed E-state index contributed by atoms with van der Waals surface area (Å²) in [4.78, 5) is 12.4. The highest BCUT2D eigenvalue weighted by molar-refractivity contribution is 6.90. The van der Waals surface area contributed by atoms with Gasteiger partial charge in [-0.15, -0.1) is 5.54 Å². The third-order valence-corrected chi connectivity index (χ3v) is 11.8. The number of cyclic esters (lactones) is 1. The number of carbonyl (C=O) groups is 1. The largest absolute Gasteiger partial charge is 0.497 e. The zero-order valence-corrected chi connectivity index (χ0v) is 17.5. The maximum absolute atomic E-state index is 12.4. The quantitative estimate of drug-likeness (QED) is 0.432. The van der Waals surface area contributed by atoms with Gasteiger partial charge in [-0.1, -0.05) is 53.5 Å². The molecule has 0 radical (unpaired) electrons. The van der Waals surface area contributed by atoms with Crippen molar-refractivity contribution in [3.63, 3.8) is 0 Å². The first-order valence-electron chi connectivity index (χ1n) is 9.12. The molecule has 0 N–H and O–H groups in total. The minimum absolute atomic E-state index is 0.301. The number of methoxy groups -OCH3 is 1. The standard InChI is InChI=1S/C21H30O3Si/c1-14(2)25(15(3)4,16(5)6)11-10-19-12-17-8-9-18(23-7)13-20(17)21(22)24-19/h8-9,13-16,19H,12H2,1-7H3. The summed E-state index contributed by atoms with van der Waals surface area (Å²) < 4.78 is 10.8.